The highest BCUT2D eigenvalue weighted by atomic mass is 31.2. The summed E-state index contributed by atoms with van der Waals surface area (Å²) in [5, 5.41) is 0. The Labute approximate surface area is 90.4 Å². The smallest absolute Gasteiger partial charge is 0.324 e. The third-order valence-electron chi connectivity index (χ3n) is 1.22. The normalized spacial score (nSPS) is 11.9. The van der Waals surface area contributed by atoms with Crippen molar-refractivity contribution >= 4 is 15.2 Å². The third kappa shape index (κ3) is 14.3. The SMILES string of the molecule is C.C.CCN(CP(=O)(O)O)CP(=O)(O)O. The van der Waals surface area contributed by atoms with Crippen molar-refractivity contribution in [3.8, 4) is 0 Å². The molecule has 0 aromatic rings. The van der Waals surface area contributed by atoms with E-state index in [4.69, 9.17) is 19.6 Å². The van der Waals surface area contributed by atoms with Gasteiger partial charge >= 0.3 is 15.2 Å². The fraction of sp³-hybridized carbons (Fsp3) is 1.00. The van der Waals surface area contributed by atoms with Crippen LogP contribution in [-0.2, 0) is 9.13 Å². The molecule has 9 heteroatoms. The van der Waals surface area contributed by atoms with E-state index in [-0.39, 0.29) is 21.4 Å². The van der Waals surface area contributed by atoms with Crippen molar-refractivity contribution in [2.45, 2.75) is 21.8 Å². The van der Waals surface area contributed by atoms with Gasteiger partial charge in [-0.1, -0.05) is 21.8 Å². The molecular formula is C6H21NO6P2. The summed E-state index contributed by atoms with van der Waals surface area (Å²) in [6, 6.07) is 0. The third-order valence-corrected chi connectivity index (χ3v) is 2.75. The Balaban J connectivity index is -0.000000720. The fourth-order valence-corrected chi connectivity index (χ4v) is 2.57. The largest absolute Gasteiger partial charge is 0.339 e. The summed E-state index contributed by atoms with van der Waals surface area (Å²) < 4.78 is 21.0. The molecule has 0 aliphatic heterocycles. The maximum absolute atomic E-state index is 10.5. The summed E-state index contributed by atoms with van der Waals surface area (Å²) in [6.45, 7) is 1.74. The van der Waals surface area contributed by atoms with E-state index in [9.17, 15) is 9.13 Å². The summed E-state index contributed by atoms with van der Waals surface area (Å²) in [5.41, 5.74) is 0. The molecule has 0 atom stereocenters. The predicted molar refractivity (Wildman–Crippen MR) is 59.7 cm³/mol. The van der Waals surface area contributed by atoms with Gasteiger partial charge in [0.1, 0.15) is 12.6 Å². The van der Waals surface area contributed by atoms with Crippen LogP contribution in [-0.4, -0.2) is 43.6 Å². The van der Waals surface area contributed by atoms with E-state index in [1.165, 1.54) is 0 Å². The van der Waals surface area contributed by atoms with Gasteiger partial charge < -0.3 is 19.6 Å². The molecule has 0 rings (SSSR count). The molecule has 0 aromatic heterocycles. The van der Waals surface area contributed by atoms with Crippen LogP contribution < -0.4 is 0 Å². The molecule has 0 unspecified atom stereocenters. The van der Waals surface area contributed by atoms with Gasteiger partial charge in [-0.3, -0.25) is 14.0 Å². The molecule has 0 radical (unpaired) electrons. The molecule has 15 heavy (non-hydrogen) atoms. The zero-order chi connectivity index (χ0) is 10.7. The number of nitrogens with zero attached hydrogens (tertiary/aromatic N) is 1. The summed E-state index contributed by atoms with van der Waals surface area (Å²) >= 11 is 0. The average molecular weight is 265 g/mol. The first-order valence-corrected chi connectivity index (χ1v) is 7.05. The van der Waals surface area contributed by atoms with E-state index in [0.717, 1.165) is 4.90 Å². The van der Waals surface area contributed by atoms with Gasteiger partial charge in [0.2, 0.25) is 0 Å². The molecule has 0 amide bonds. The van der Waals surface area contributed by atoms with Crippen LogP contribution in [0, 0.1) is 0 Å². The van der Waals surface area contributed by atoms with E-state index in [2.05, 4.69) is 0 Å². The van der Waals surface area contributed by atoms with Crippen LogP contribution in [0.4, 0.5) is 0 Å². The Morgan fingerprint density at radius 1 is 0.933 bits per heavy atom. The van der Waals surface area contributed by atoms with Gasteiger partial charge in [0.15, 0.2) is 0 Å². The topological polar surface area (TPSA) is 118 Å². The van der Waals surface area contributed by atoms with Gasteiger partial charge in [-0.05, 0) is 6.54 Å². The lowest BCUT2D eigenvalue weighted by molar-refractivity contribution is 0.285. The second kappa shape index (κ2) is 7.52. The Morgan fingerprint density at radius 3 is 1.33 bits per heavy atom. The van der Waals surface area contributed by atoms with E-state index in [0.29, 0.717) is 0 Å². The molecular weight excluding hydrogens is 244 g/mol. The minimum absolute atomic E-state index is 0. The minimum atomic E-state index is -4.24. The lowest BCUT2D eigenvalue weighted by atomic mass is 10.7. The Kier molecular flexibility index (Phi) is 10.3. The van der Waals surface area contributed by atoms with Gasteiger partial charge in [0.25, 0.3) is 0 Å². The van der Waals surface area contributed by atoms with Crippen molar-refractivity contribution in [2.24, 2.45) is 0 Å². The lowest BCUT2D eigenvalue weighted by Gasteiger charge is -2.20. The van der Waals surface area contributed by atoms with E-state index >= 15 is 0 Å². The number of hydrogen-bond acceptors (Lipinski definition) is 3. The van der Waals surface area contributed by atoms with E-state index < -0.39 is 27.8 Å². The van der Waals surface area contributed by atoms with Crippen molar-refractivity contribution < 1.29 is 28.7 Å². The molecule has 0 saturated carbocycles. The minimum Gasteiger partial charge on any atom is -0.324 e. The predicted octanol–water partition coefficient (Wildman–Crippen LogP) is 0.851. The van der Waals surface area contributed by atoms with Crippen LogP contribution in [0.15, 0.2) is 0 Å². The van der Waals surface area contributed by atoms with Gasteiger partial charge in [-0.2, -0.15) is 0 Å². The van der Waals surface area contributed by atoms with Crippen LogP contribution >= 0.6 is 15.2 Å². The standard InChI is InChI=1S/C4H13NO6P2.2CH4/c1-2-5(3-12(6,7)8)4-13(9,10)11;;/h2-4H2,1H3,(H2,6,7,8)(H2,9,10,11);2*1H4. The van der Waals surface area contributed by atoms with Crippen LogP contribution in [0.2, 0.25) is 0 Å². The highest BCUT2D eigenvalue weighted by Crippen LogP contribution is 2.40. The van der Waals surface area contributed by atoms with Crippen LogP contribution in [0.3, 0.4) is 0 Å². The van der Waals surface area contributed by atoms with Crippen LogP contribution in [0.5, 0.6) is 0 Å². The van der Waals surface area contributed by atoms with Gasteiger partial charge in [0.05, 0.1) is 0 Å². The van der Waals surface area contributed by atoms with Gasteiger partial charge in [-0.15, -0.1) is 0 Å². The van der Waals surface area contributed by atoms with Crippen LogP contribution in [0.1, 0.15) is 21.8 Å². The second-order valence-corrected chi connectivity index (χ2v) is 5.82. The Hall–Kier alpha value is 0.260. The average Bonchev–Trinajstić information content (AvgIpc) is 1.79. The molecule has 4 N–H and O–H groups in total. The molecule has 0 saturated heterocycles. The molecule has 0 aliphatic carbocycles. The van der Waals surface area contributed by atoms with Crippen molar-refractivity contribution in [1.82, 2.24) is 4.90 Å². The Morgan fingerprint density at radius 2 is 1.20 bits per heavy atom. The lowest BCUT2D eigenvalue weighted by Crippen LogP contribution is -2.25. The summed E-state index contributed by atoms with van der Waals surface area (Å²) in [7, 11) is -8.48. The Bertz CT molecular complexity index is 222. The molecule has 0 spiro atoms. The molecule has 0 fully saturated rings. The highest BCUT2D eigenvalue weighted by molar-refractivity contribution is 7.52. The van der Waals surface area contributed by atoms with Gasteiger partial charge in [-0.25, -0.2) is 0 Å². The van der Waals surface area contributed by atoms with Crippen LogP contribution in [0.25, 0.3) is 0 Å². The summed E-state index contributed by atoms with van der Waals surface area (Å²) in [6.07, 6.45) is -1.26. The van der Waals surface area contributed by atoms with Crippen molar-refractivity contribution in [3.63, 3.8) is 0 Å². The molecule has 0 heterocycles. The number of rotatable bonds is 5. The highest BCUT2D eigenvalue weighted by Gasteiger charge is 2.24. The quantitative estimate of drug-likeness (QED) is 0.544. The molecule has 0 bridgehead atoms. The van der Waals surface area contributed by atoms with E-state index in [1.54, 1.807) is 6.92 Å². The summed E-state index contributed by atoms with van der Waals surface area (Å²) in [5.74, 6) is 0. The first-order valence-electron chi connectivity index (χ1n) is 3.45. The zero-order valence-electron chi connectivity index (χ0n) is 7.07. The van der Waals surface area contributed by atoms with Crippen molar-refractivity contribution in [3.05, 3.63) is 0 Å². The number of hydrogen-bond donors (Lipinski definition) is 4. The zero-order valence-corrected chi connectivity index (χ0v) is 8.86. The van der Waals surface area contributed by atoms with Crippen molar-refractivity contribution in [1.29, 1.82) is 0 Å². The second-order valence-electron chi connectivity index (χ2n) is 2.60. The maximum atomic E-state index is 10.5. The first kappa shape index (κ1) is 20.6. The molecule has 7 nitrogen and oxygen atoms in total. The van der Waals surface area contributed by atoms with E-state index in [1.807, 2.05) is 0 Å². The molecule has 0 aromatic carbocycles. The van der Waals surface area contributed by atoms with Gasteiger partial charge in [0, 0.05) is 0 Å². The summed E-state index contributed by atoms with van der Waals surface area (Å²) in [4.78, 5) is 35.1. The molecule has 96 valence electrons. The maximum Gasteiger partial charge on any atom is 0.339 e. The fourth-order valence-electron chi connectivity index (χ4n) is 0.766. The molecule has 0 aliphatic rings. The monoisotopic (exact) mass is 265 g/mol. The van der Waals surface area contributed by atoms with Crippen molar-refractivity contribution in [2.75, 3.05) is 19.1 Å². The first-order chi connectivity index (χ1) is 5.64.